The van der Waals surface area contributed by atoms with E-state index in [0.29, 0.717) is 18.7 Å². The number of hydrogen-bond acceptors (Lipinski definition) is 6. The van der Waals surface area contributed by atoms with Gasteiger partial charge >= 0.3 is 5.97 Å². The maximum atomic E-state index is 12.8. The van der Waals surface area contributed by atoms with E-state index in [9.17, 15) is 14.4 Å². The van der Waals surface area contributed by atoms with E-state index in [1.807, 2.05) is 13.8 Å². The van der Waals surface area contributed by atoms with E-state index in [4.69, 9.17) is 10.5 Å². The van der Waals surface area contributed by atoms with Gasteiger partial charge in [0.15, 0.2) is 0 Å². The van der Waals surface area contributed by atoms with Crippen LogP contribution in [0.2, 0.25) is 0 Å². The molecule has 0 aliphatic rings. The highest BCUT2D eigenvalue weighted by atomic mass is 16.5. The van der Waals surface area contributed by atoms with Crippen LogP contribution in [0.4, 0.5) is 5.69 Å². The lowest BCUT2D eigenvalue weighted by Crippen LogP contribution is -2.47. The van der Waals surface area contributed by atoms with E-state index in [-0.39, 0.29) is 42.9 Å². The largest absolute Gasteiger partial charge is 0.461 e. The molecule has 0 saturated heterocycles. The summed E-state index contributed by atoms with van der Waals surface area (Å²) in [7, 11) is 0. The molecule has 0 bridgehead atoms. The Morgan fingerprint density at radius 2 is 1.74 bits per heavy atom. The second-order valence-corrected chi connectivity index (χ2v) is 8.04. The lowest BCUT2D eigenvalue weighted by molar-refractivity contribution is -0.148. The number of nitrogens with one attached hydrogen (secondary N) is 3. The zero-order valence-corrected chi connectivity index (χ0v) is 19.2. The number of nitrogens with two attached hydrogens (primary N) is 1. The van der Waals surface area contributed by atoms with Crippen molar-refractivity contribution in [1.82, 2.24) is 10.6 Å². The predicted octanol–water partition coefficient (Wildman–Crippen LogP) is 2.33. The zero-order chi connectivity index (χ0) is 23.2. The van der Waals surface area contributed by atoms with Gasteiger partial charge in [0.2, 0.25) is 11.8 Å². The molecule has 0 spiro atoms. The van der Waals surface area contributed by atoms with Gasteiger partial charge in [-0.15, -0.1) is 0 Å². The normalized spacial score (nSPS) is 12.8. The Balaban J connectivity index is 2.65. The molecule has 2 atom stereocenters. The fourth-order valence-corrected chi connectivity index (χ4v) is 2.65. The Morgan fingerprint density at radius 1 is 1.06 bits per heavy atom. The monoisotopic (exact) mass is 434 g/mol. The zero-order valence-electron chi connectivity index (χ0n) is 19.2. The minimum atomic E-state index is -0.635. The lowest BCUT2D eigenvalue weighted by Gasteiger charge is -2.19. The summed E-state index contributed by atoms with van der Waals surface area (Å²) in [5.74, 6) is -0.912. The molecule has 1 rings (SSSR count). The summed E-state index contributed by atoms with van der Waals surface area (Å²) in [5.41, 5.74) is 7.00. The molecule has 31 heavy (non-hydrogen) atoms. The van der Waals surface area contributed by atoms with Crippen molar-refractivity contribution in [2.75, 3.05) is 18.4 Å². The molecule has 0 saturated carbocycles. The average Bonchev–Trinajstić information content (AvgIpc) is 2.75. The van der Waals surface area contributed by atoms with Gasteiger partial charge in [0.25, 0.3) is 0 Å². The summed E-state index contributed by atoms with van der Waals surface area (Å²) in [6.45, 7) is 8.51. The van der Waals surface area contributed by atoms with E-state index >= 15 is 0 Å². The van der Waals surface area contributed by atoms with E-state index in [1.54, 1.807) is 38.1 Å². The first-order chi connectivity index (χ1) is 14.8. The molecular weight excluding hydrogens is 396 g/mol. The number of carbonyl (C=O) groups excluding carboxylic acids is 3. The number of esters is 1. The smallest absolute Gasteiger partial charge is 0.308 e. The predicted molar refractivity (Wildman–Crippen MR) is 122 cm³/mol. The standard InChI is InChI=1S/C23H38N4O4/c1-5-17(4)25-14-21(28)27-20(8-6-7-13-24)22(29)26-19-11-9-18(10-12-19)15-31-23(30)16(2)3/h9-12,16-17,20,25H,5-8,13-15,24H2,1-4H3,(H,26,29)(H,27,28). The van der Waals surface area contributed by atoms with Crippen LogP contribution in [0.15, 0.2) is 24.3 Å². The molecule has 0 aliphatic carbocycles. The van der Waals surface area contributed by atoms with Crippen LogP contribution in [-0.2, 0) is 25.7 Å². The fraction of sp³-hybridized carbons (Fsp3) is 0.609. The summed E-state index contributed by atoms with van der Waals surface area (Å²) >= 11 is 0. The number of carbonyl (C=O) groups is 3. The summed E-state index contributed by atoms with van der Waals surface area (Å²) in [6, 6.07) is 6.68. The number of rotatable bonds is 14. The van der Waals surface area contributed by atoms with E-state index in [1.165, 1.54) is 0 Å². The van der Waals surface area contributed by atoms with Crippen molar-refractivity contribution in [3.05, 3.63) is 29.8 Å². The first-order valence-electron chi connectivity index (χ1n) is 11.1. The summed E-state index contributed by atoms with van der Waals surface area (Å²) in [6.07, 6.45) is 2.96. The summed E-state index contributed by atoms with van der Waals surface area (Å²) < 4.78 is 5.21. The third-order valence-corrected chi connectivity index (χ3v) is 4.90. The first kappa shape index (κ1) is 26.6. The van der Waals surface area contributed by atoms with Gasteiger partial charge in [-0.25, -0.2) is 0 Å². The highest BCUT2D eigenvalue weighted by Gasteiger charge is 2.20. The number of amides is 2. The molecule has 0 aromatic heterocycles. The van der Waals surface area contributed by atoms with Crippen LogP contribution in [0.5, 0.6) is 0 Å². The molecule has 1 aromatic carbocycles. The van der Waals surface area contributed by atoms with Crippen LogP contribution >= 0.6 is 0 Å². The molecule has 1 aromatic rings. The topological polar surface area (TPSA) is 123 Å². The highest BCUT2D eigenvalue weighted by molar-refractivity contribution is 5.97. The number of anilines is 1. The molecule has 5 N–H and O–H groups in total. The maximum absolute atomic E-state index is 12.8. The van der Waals surface area contributed by atoms with Crippen molar-refractivity contribution in [3.63, 3.8) is 0 Å². The number of unbranched alkanes of at least 4 members (excludes halogenated alkanes) is 1. The number of benzene rings is 1. The van der Waals surface area contributed by atoms with Crippen LogP contribution in [0.1, 0.15) is 58.9 Å². The average molecular weight is 435 g/mol. The molecule has 8 nitrogen and oxygen atoms in total. The summed E-state index contributed by atoms with van der Waals surface area (Å²) in [5, 5.41) is 8.79. The Bertz CT molecular complexity index is 691. The van der Waals surface area contributed by atoms with Crippen LogP contribution in [0.3, 0.4) is 0 Å². The van der Waals surface area contributed by atoms with Crippen LogP contribution in [0, 0.1) is 5.92 Å². The highest BCUT2D eigenvalue weighted by Crippen LogP contribution is 2.13. The molecule has 0 aliphatic heterocycles. The van der Waals surface area contributed by atoms with Gasteiger partial charge in [-0.05, 0) is 56.8 Å². The third-order valence-electron chi connectivity index (χ3n) is 4.90. The minimum Gasteiger partial charge on any atom is -0.461 e. The number of ether oxygens (including phenoxy) is 1. The second-order valence-electron chi connectivity index (χ2n) is 8.04. The SMILES string of the molecule is CCC(C)NCC(=O)NC(CCCCN)C(=O)Nc1ccc(COC(=O)C(C)C)cc1. The Labute approximate surface area is 185 Å². The quantitative estimate of drug-likeness (QED) is 0.263. The molecule has 0 fully saturated rings. The van der Waals surface area contributed by atoms with Crippen LogP contribution < -0.4 is 21.7 Å². The molecule has 0 heterocycles. The fourth-order valence-electron chi connectivity index (χ4n) is 2.65. The van der Waals surface area contributed by atoms with E-state index in [0.717, 1.165) is 24.8 Å². The molecule has 2 amide bonds. The van der Waals surface area contributed by atoms with Crippen LogP contribution in [-0.4, -0.2) is 43.0 Å². The Kier molecular flexibility index (Phi) is 12.5. The summed E-state index contributed by atoms with van der Waals surface area (Å²) in [4.78, 5) is 36.6. The van der Waals surface area contributed by atoms with Gasteiger partial charge in [0.05, 0.1) is 12.5 Å². The first-order valence-corrected chi connectivity index (χ1v) is 11.1. The van der Waals surface area contributed by atoms with Crippen molar-refractivity contribution in [1.29, 1.82) is 0 Å². The van der Waals surface area contributed by atoms with Gasteiger partial charge in [0.1, 0.15) is 12.6 Å². The minimum absolute atomic E-state index is 0.166. The lowest BCUT2D eigenvalue weighted by atomic mass is 10.1. The van der Waals surface area contributed by atoms with E-state index in [2.05, 4.69) is 16.0 Å². The van der Waals surface area contributed by atoms with Gasteiger partial charge in [-0.3, -0.25) is 14.4 Å². The molecule has 0 radical (unpaired) electrons. The van der Waals surface area contributed by atoms with E-state index < -0.39 is 6.04 Å². The van der Waals surface area contributed by atoms with Crippen molar-refractivity contribution < 1.29 is 19.1 Å². The Hall–Kier alpha value is -2.45. The van der Waals surface area contributed by atoms with Gasteiger partial charge in [-0.1, -0.05) is 32.9 Å². The number of hydrogen-bond donors (Lipinski definition) is 4. The third kappa shape index (κ3) is 10.9. The van der Waals surface area contributed by atoms with Crippen molar-refractivity contribution in [2.45, 2.75) is 72.1 Å². The second kappa shape index (κ2) is 14.5. The molecule has 2 unspecified atom stereocenters. The van der Waals surface area contributed by atoms with Crippen molar-refractivity contribution in [3.8, 4) is 0 Å². The Morgan fingerprint density at radius 3 is 2.32 bits per heavy atom. The molecule has 8 heteroatoms. The molecular formula is C23H38N4O4. The van der Waals surface area contributed by atoms with Gasteiger partial charge in [-0.2, -0.15) is 0 Å². The van der Waals surface area contributed by atoms with Crippen molar-refractivity contribution in [2.24, 2.45) is 11.7 Å². The molecule has 174 valence electrons. The van der Waals surface area contributed by atoms with Crippen molar-refractivity contribution >= 4 is 23.5 Å². The maximum Gasteiger partial charge on any atom is 0.308 e. The van der Waals surface area contributed by atoms with Gasteiger partial charge in [0, 0.05) is 11.7 Å². The van der Waals surface area contributed by atoms with Crippen LogP contribution in [0.25, 0.3) is 0 Å². The van der Waals surface area contributed by atoms with Gasteiger partial charge < -0.3 is 26.4 Å².